The Kier molecular flexibility index (Phi) is 3.70. The van der Waals surface area contributed by atoms with Gasteiger partial charge in [0.05, 0.1) is 13.0 Å². The topological polar surface area (TPSA) is 31.2 Å². The van der Waals surface area contributed by atoms with E-state index in [1.165, 1.54) is 23.6 Å². The molecule has 3 nitrogen and oxygen atoms in total. The number of aryl methyl sites for hydroxylation is 1. The normalized spacial score (nSPS) is 12.6. The van der Waals surface area contributed by atoms with E-state index in [2.05, 4.69) is 22.9 Å². The van der Waals surface area contributed by atoms with E-state index in [-0.39, 0.29) is 11.9 Å². The second-order valence-electron chi connectivity index (χ2n) is 4.61. The maximum Gasteiger partial charge on any atom is 0.308 e. The molecule has 3 heteroatoms. The molecule has 0 fully saturated rings. The number of hydrogen-bond donors (Lipinski definition) is 0. The fourth-order valence-electron chi connectivity index (χ4n) is 2.41. The molecular formula is C15H19NO2. The minimum absolute atomic E-state index is 0.0548. The molecule has 2 aromatic rings. The summed E-state index contributed by atoms with van der Waals surface area (Å²) in [4.78, 5) is 11.7. The molecule has 0 aliphatic carbocycles. The summed E-state index contributed by atoms with van der Waals surface area (Å²) in [6.07, 6.45) is 3.65. The van der Waals surface area contributed by atoms with Crippen molar-refractivity contribution in [2.45, 2.75) is 19.8 Å². The molecular weight excluding hydrogens is 226 g/mol. The molecule has 1 atom stereocenters. The second kappa shape index (κ2) is 5.25. The van der Waals surface area contributed by atoms with Gasteiger partial charge in [-0.15, -0.1) is 0 Å². The largest absolute Gasteiger partial charge is 0.469 e. The molecule has 0 saturated carbocycles. The van der Waals surface area contributed by atoms with E-state index in [1.54, 1.807) is 0 Å². The van der Waals surface area contributed by atoms with Crippen molar-refractivity contribution in [1.29, 1.82) is 0 Å². The third-order valence-corrected chi connectivity index (χ3v) is 3.47. The lowest BCUT2D eigenvalue weighted by Crippen LogP contribution is -2.17. The summed E-state index contributed by atoms with van der Waals surface area (Å²) < 4.78 is 6.95. The number of carbonyl (C=O) groups excluding carboxylic acids is 1. The minimum atomic E-state index is -0.120. The van der Waals surface area contributed by atoms with Gasteiger partial charge >= 0.3 is 5.97 Å². The third kappa shape index (κ3) is 2.26. The van der Waals surface area contributed by atoms with Crippen molar-refractivity contribution < 1.29 is 9.53 Å². The summed E-state index contributed by atoms with van der Waals surface area (Å²) in [5.41, 5.74) is 2.41. The highest BCUT2D eigenvalue weighted by Crippen LogP contribution is 2.24. The summed E-state index contributed by atoms with van der Waals surface area (Å²) in [5, 5.41) is 1.22. The SMILES string of the molecule is CCC(Cc1cn(C)c2ccccc12)C(=O)OC. The first-order chi connectivity index (χ1) is 8.67. The Morgan fingerprint density at radius 3 is 2.78 bits per heavy atom. The highest BCUT2D eigenvalue weighted by molar-refractivity contribution is 5.84. The average molecular weight is 245 g/mol. The molecule has 0 bridgehead atoms. The highest BCUT2D eigenvalue weighted by Gasteiger charge is 2.19. The zero-order valence-corrected chi connectivity index (χ0v) is 11.1. The first-order valence-corrected chi connectivity index (χ1v) is 6.28. The summed E-state index contributed by atoms with van der Waals surface area (Å²) in [5.74, 6) is -0.175. The Morgan fingerprint density at radius 1 is 1.39 bits per heavy atom. The summed E-state index contributed by atoms with van der Waals surface area (Å²) >= 11 is 0. The van der Waals surface area contributed by atoms with E-state index in [0.29, 0.717) is 0 Å². The molecule has 0 radical (unpaired) electrons. The number of carbonyl (C=O) groups is 1. The minimum Gasteiger partial charge on any atom is -0.469 e. The molecule has 96 valence electrons. The van der Waals surface area contributed by atoms with E-state index < -0.39 is 0 Å². The maximum atomic E-state index is 11.7. The van der Waals surface area contributed by atoms with Crippen molar-refractivity contribution in [3.8, 4) is 0 Å². The van der Waals surface area contributed by atoms with Crippen LogP contribution in [-0.4, -0.2) is 17.6 Å². The zero-order valence-electron chi connectivity index (χ0n) is 11.1. The molecule has 0 N–H and O–H groups in total. The molecule has 18 heavy (non-hydrogen) atoms. The number of benzene rings is 1. The van der Waals surface area contributed by atoms with Gasteiger partial charge in [-0.3, -0.25) is 4.79 Å². The van der Waals surface area contributed by atoms with Gasteiger partial charge in [-0.2, -0.15) is 0 Å². The van der Waals surface area contributed by atoms with Gasteiger partial charge in [0.2, 0.25) is 0 Å². The third-order valence-electron chi connectivity index (χ3n) is 3.47. The van der Waals surface area contributed by atoms with Crippen LogP contribution in [0.25, 0.3) is 10.9 Å². The number of para-hydroxylation sites is 1. The molecule has 0 aliphatic heterocycles. The van der Waals surface area contributed by atoms with Gasteiger partial charge in [-0.25, -0.2) is 0 Å². The van der Waals surface area contributed by atoms with Gasteiger partial charge in [-0.05, 0) is 24.5 Å². The smallest absolute Gasteiger partial charge is 0.308 e. The fraction of sp³-hybridized carbons (Fsp3) is 0.400. The van der Waals surface area contributed by atoms with Crippen LogP contribution in [0.3, 0.4) is 0 Å². The molecule has 0 saturated heterocycles. The molecule has 2 rings (SSSR count). The van der Waals surface area contributed by atoms with Gasteiger partial charge in [0.15, 0.2) is 0 Å². The Morgan fingerprint density at radius 2 is 2.11 bits per heavy atom. The molecule has 1 aromatic heterocycles. The quantitative estimate of drug-likeness (QED) is 0.775. The number of methoxy groups -OCH3 is 1. The van der Waals surface area contributed by atoms with Crippen molar-refractivity contribution in [1.82, 2.24) is 4.57 Å². The lowest BCUT2D eigenvalue weighted by molar-refractivity contribution is -0.145. The van der Waals surface area contributed by atoms with Gasteiger partial charge in [0.1, 0.15) is 0 Å². The van der Waals surface area contributed by atoms with E-state index in [4.69, 9.17) is 4.74 Å². The van der Waals surface area contributed by atoms with Crippen LogP contribution in [0.1, 0.15) is 18.9 Å². The maximum absolute atomic E-state index is 11.7. The van der Waals surface area contributed by atoms with Crippen LogP contribution in [0.5, 0.6) is 0 Å². The molecule has 0 aliphatic rings. The summed E-state index contributed by atoms with van der Waals surface area (Å²) in [6, 6.07) is 8.27. The van der Waals surface area contributed by atoms with Gasteiger partial charge in [0.25, 0.3) is 0 Å². The molecule has 0 amide bonds. The van der Waals surface area contributed by atoms with Crippen LogP contribution in [0.2, 0.25) is 0 Å². The first-order valence-electron chi connectivity index (χ1n) is 6.28. The van der Waals surface area contributed by atoms with Crippen LogP contribution in [0, 0.1) is 5.92 Å². The predicted octanol–water partition coefficient (Wildman–Crippen LogP) is 2.92. The average Bonchev–Trinajstić information content (AvgIpc) is 2.72. The number of fused-ring (bicyclic) bond motifs is 1. The Hall–Kier alpha value is -1.77. The number of nitrogens with zero attached hydrogens (tertiary/aromatic N) is 1. The predicted molar refractivity (Wildman–Crippen MR) is 72.4 cm³/mol. The van der Waals surface area contributed by atoms with Crippen molar-refractivity contribution in [2.24, 2.45) is 13.0 Å². The van der Waals surface area contributed by atoms with Crippen molar-refractivity contribution in [3.05, 3.63) is 36.0 Å². The highest BCUT2D eigenvalue weighted by atomic mass is 16.5. The van der Waals surface area contributed by atoms with E-state index >= 15 is 0 Å². The van der Waals surface area contributed by atoms with Crippen molar-refractivity contribution in [2.75, 3.05) is 7.11 Å². The van der Waals surface area contributed by atoms with Crippen LogP contribution in [-0.2, 0) is 23.0 Å². The first kappa shape index (κ1) is 12.7. The number of aromatic nitrogens is 1. The zero-order chi connectivity index (χ0) is 13.1. The van der Waals surface area contributed by atoms with Gasteiger partial charge < -0.3 is 9.30 Å². The van der Waals surface area contributed by atoms with Crippen LogP contribution in [0.4, 0.5) is 0 Å². The fourth-order valence-corrected chi connectivity index (χ4v) is 2.41. The van der Waals surface area contributed by atoms with E-state index in [9.17, 15) is 4.79 Å². The lowest BCUT2D eigenvalue weighted by Gasteiger charge is -2.11. The van der Waals surface area contributed by atoms with E-state index in [1.807, 2.05) is 26.1 Å². The van der Waals surface area contributed by atoms with Gasteiger partial charge in [0, 0.05) is 24.1 Å². The molecule has 1 unspecified atom stereocenters. The van der Waals surface area contributed by atoms with Crippen LogP contribution < -0.4 is 0 Å². The molecule has 1 heterocycles. The standard InChI is InChI=1S/C15H19NO2/c1-4-11(15(17)18-3)9-12-10-16(2)14-8-6-5-7-13(12)14/h5-8,10-11H,4,9H2,1-3H3. The van der Waals surface area contributed by atoms with Crippen LogP contribution in [0.15, 0.2) is 30.5 Å². The number of rotatable bonds is 4. The van der Waals surface area contributed by atoms with Crippen molar-refractivity contribution in [3.63, 3.8) is 0 Å². The van der Waals surface area contributed by atoms with Crippen LogP contribution >= 0.6 is 0 Å². The second-order valence-corrected chi connectivity index (χ2v) is 4.61. The Bertz CT molecular complexity index is 557. The number of esters is 1. The van der Waals surface area contributed by atoms with E-state index in [0.717, 1.165) is 12.8 Å². The monoisotopic (exact) mass is 245 g/mol. The summed E-state index contributed by atoms with van der Waals surface area (Å²) in [7, 11) is 3.49. The van der Waals surface area contributed by atoms with Gasteiger partial charge in [-0.1, -0.05) is 25.1 Å². The summed E-state index contributed by atoms with van der Waals surface area (Å²) in [6.45, 7) is 2.02. The number of ether oxygens (including phenoxy) is 1. The Labute approximate surface area is 107 Å². The number of hydrogen-bond acceptors (Lipinski definition) is 2. The molecule has 0 spiro atoms. The lowest BCUT2D eigenvalue weighted by atomic mass is 9.97. The molecule has 1 aromatic carbocycles. The van der Waals surface area contributed by atoms with Crippen molar-refractivity contribution >= 4 is 16.9 Å². The Balaban J connectivity index is 2.34.